The Morgan fingerprint density at radius 2 is 1.61 bits per heavy atom. The summed E-state index contributed by atoms with van der Waals surface area (Å²) in [6.45, 7) is 0.738. The fourth-order valence-corrected chi connectivity index (χ4v) is 3.34. The van der Waals surface area contributed by atoms with Crippen LogP contribution in [0, 0.1) is 17.8 Å². The molecule has 0 heterocycles. The van der Waals surface area contributed by atoms with E-state index in [0.29, 0.717) is 12.3 Å². The molecule has 4 nitrogen and oxygen atoms in total. The molecule has 1 amide bonds. The number of aliphatic carboxylic acids is 1. The van der Waals surface area contributed by atoms with E-state index in [1.54, 1.807) is 0 Å². The zero-order chi connectivity index (χ0) is 13.0. The third kappa shape index (κ3) is 3.24. The first kappa shape index (κ1) is 13.4. The number of amides is 1. The van der Waals surface area contributed by atoms with Crippen molar-refractivity contribution in [2.45, 2.75) is 51.4 Å². The van der Waals surface area contributed by atoms with E-state index >= 15 is 0 Å². The summed E-state index contributed by atoms with van der Waals surface area (Å²) < 4.78 is 0. The molecule has 2 unspecified atom stereocenters. The minimum Gasteiger partial charge on any atom is -0.481 e. The summed E-state index contributed by atoms with van der Waals surface area (Å²) in [6.07, 6.45) is 8.49. The molecule has 4 heteroatoms. The average molecular weight is 253 g/mol. The number of carboxylic acids is 1. The van der Waals surface area contributed by atoms with Crippen LogP contribution in [0.4, 0.5) is 0 Å². The lowest BCUT2D eigenvalue weighted by Crippen LogP contribution is -2.38. The molecule has 2 atom stereocenters. The standard InChI is InChI=1S/C14H23NO3/c16-13(11-7-4-8-12(11)14(17)18)15-9-10-5-2-1-3-6-10/h10-12H,1-9H2,(H,15,16)(H,17,18). The zero-order valence-corrected chi connectivity index (χ0v) is 10.9. The van der Waals surface area contributed by atoms with Crippen LogP contribution >= 0.6 is 0 Å². The molecule has 102 valence electrons. The number of carbonyl (C=O) groups is 2. The Balaban J connectivity index is 1.78. The number of carboxylic acid groups (broad SMARTS) is 1. The molecule has 18 heavy (non-hydrogen) atoms. The molecule has 0 saturated heterocycles. The molecule has 0 radical (unpaired) electrons. The Kier molecular flexibility index (Phi) is 4.61. The first-order chi connectivity index (χ1) is 8.68. The van der Waals surface area contributed by atoms with Crippen LogP contribution < -0.4 is 5.32 Å². The predicted octanol–water partition coefficient (Wildman–Crippen LogP) is 2.18. The van der Waals surface area contributed by atoms with Gasteiger partial charge >= 0.3 is 5.97 Å². The second-order valence-electron chi connectivity index (χ2n) is 5.73. The number of carbonyl (C=O) groups excluding carboxylic acids is 1. The van der Waals surface area contributed by atoms with Gasteiger partial charge in [0.2, 0.25) is 5.91 Å². The molecular weight excluding hydrogens is 230 g/mol. The van der Waals surface area contributed by atoms with Gasteiger partial charge in [0.05, 0.1) is 11.8 Å². The molecule has 2 rings (SSSR count). The van der Waals surface area contributed by atoms with Gasteiger partial charge in [0.25, 0.3) is 0 Å². The molecule has 0 aromatic rings. The summed E-state index contributed by atoms with van der Waals surface area (Å²) in [5.41, 5.74) is 0. The maximum absolute atomic E-state index is 12.0. The highest BCUT2D eigenvalue weighted by Gasteiger charge is 2.37. The van der Waals surface area contributed by atoms with Crippen molar-refractivity contribution in [1.29, 1.82) is 0 Å². The van der Waals surface area contributed by atoms with Crippen LogP contribution in [0.25, 0.3) is 0 Å². The van der Waals surface area contributed by atoms with E-state index in [1.807, 2.05) is 0 Å². The Bertz CT molecular complexity index is 310. The van der Waals surface area contributed by atoms with E-state index in [1.165, 1.54) is 32.1 Å². The Morgan fingerprint density at radius 1 is 0.944 bits per heavy atom. The van der Waals surface area contributed by atoms with Crippen molar-refractivity contribution >= 4 is 11.9 Å². The first-order valence-corrected chi connectivity index (χ1v) is 7.19. The number of nitrogens with one attached hydrogen (secondary N) is 1. The molecule has 2 N–H and O–H groups in total. The Labute approximate surface area is 108 Å². The van der Waals surface area contributed by atoms with Crippen molar-refractivity contribution in [3.05, 3.63) is 0 Å². The zero-order valence-electron chi connectivity index (χ0n) is 10.9. The van der Waals surface area contributed by atoms with Gasteiger partial charge in [-0.25, -0.2) is 0 Å². The second kappa shape index (κ2) is 6.21. The van der Waals surface area contributed by atoms with E-state index in [9.17, 15) is 9.59 Å². The number of hydrogen-bond acceptors (Lipinski definition) is 2. The van der Waals surface area contributed by atoms with Gasteiger partial charge in [-0.3, -0.25) is 9.59 Å². The Morgan fingerprint density at radius 3 is 2.28 bits per heavy atom. The summed E-state index contributed by atoms with van der Waals surface area (Å²) >= 11 is 0. The van der Waals surface area contributed by atoms with E-state index in [4.69, 9.17) is 5.11 Å². The van der Waals surface area contributed by atoms with Gasteiger partial charge in [0, 0.05) is 6.54 Å². The van der Waals surface area contributed by atoms with Gasteiger partial charge in [0.15, 0.2) is 0 Å². The lowest BCUT2D eigenvalue weighted by molar-refractivity contribution is -0.146. The van der Waals surface area contributed by atoms with Crippen molar-refractivity contribution < 1.29 is 14.7 Å². The van der Waals surface area contributed by atoms with E-state index in [-0.39, 0.29) is 11.8 Å². The molecule has 2 fully saturated rings. The molecule has 0 spiro atoms. The molecule has 2 aliphatic carbocycles. The highest BCUT2D eigenvalue weighted by atomic mass is 16.4. The van der Waals surface area contributed by atoms with Crippen molar-refractivity contribution in [1.82, 2.24) is 5.32 Å². The summed E-state index contributed by atoms with van der Waals surface area (Å²) in [4.78, 5) is 23.1. The lowest BCUT2D eigenvalue weighted by Gasteiger charge is -2.23. The predicted molar refractivity (Wildman–Crippen MR) is 68.1 cm³/mol. The minimum atomic E-state index is -0.815. The third-order valence-corrected chi connectivity index (χ3v) is 4.46. The number of hydrogen-bond donors (Lipinski definition) is 2. The lowest BCUT2D eigenvalue weighted by atomic mass is 9.89. The minimum absolute atomic E-state index is 0.0366. The van der Waals surface area contributed by atoms with Crippen LogP contribution in [-0.2, 0) is 9.59 Å². The number of rotatable bonds is 4. The smallest absolute Gasteiger partial charge is 0.307 e. The van der Waals surface area contributed by atoms with Crippen molar-refractivity contribution in [3.63, 3.8) is 0 Å². The molecular formula is C14H23NO3. The average Bonchev–Trinajstić information content (AvgIpc) is 2.86. The van der Waals surface area contributed by atoms with Crippen LogP contribution in [0.2, 0.25) is 0 Å². The Hall–Kier alpha value is -1.06. The SMILES string of the molecule is O=C(O)C1CCCC1C(=O)NCC1CCCCC1. The molecule has 0 aliphatic heterocycles. The molecule has 0 aromatic heterocycles. The topological polar surface area (TPSA) is 66.4 Å². The summed E-state index contributed by atoms with van der Waals surface area (Å²) in [5.74, 6) is -1.01. The van der Waals surface area contributed by atoms with Gasteiger partial charge < -0.3 is 10.4 Å². The van der Waals surface area contributed by atoms with Crippen molar-refractivity contribution in [3.8, 4) is 0 Å². The van der Waals surface area contributed by atoms with Crippen LogP contribution in [0.5, 0.6) is 0 Å². The fraction of sp³-hybridized carbons (Fsp3) is 0.857. The maximum atomic E-state index is 12.0. The van der Waals surface area contributed by atoms with E-state index in [0.717, 1.165) is 19.4 Å². The summed E-state index contributed by atoms with van der Waals surface area (Å²) in [7, 11) is 0. The second-order valence-corrected chi connectivity index (χ2v) is 5.73. The summed E-state index contributed by atoms with van der Waals surface area (Å²) in [6, 6.07) is 0. The third-order valence-electron chi connectivity index (χ3n) is 4.46. The van der Waals surface area contributed by atoms with Gasteiger partial charge in [-0.2, -0.15) is 0 Å². The molecule has 2 aliphatic rings. The highest BCUT2D eigenvalue weighted by Crippen LogP contribution is 2.32. The highest BCUT2D eigenvalue weighted by molar-refractivity contribution is 5.85. The monoisotopic (exact) mass is 253 g/mol. The van der Waals surface area contributed by atoms with Crippen LogP contribution in [0.3, 0.4) is 0 Å². The largest absolute Gasteiger partial charge is 0.481 e. The van der Waals surface area contributed by atoms with E-state index < -0.39 is 11.9 Å². The first-order valence-electron chi connectivity index (χ1n) is 7.19. The van der Waals surface area contributed by atoms with Crippen LogP contribution in [0.1, 0.15) is 51.4 Å². The molecule has 0 aromatic carbocycles. The molecule has 2 saturated carbocycles. The van der Waals surface area contributed by atoms with Crippen molar-refractivity contribution in [2.75, 3.05) is 6.54 Å². The maximum Gasteiger partial charge on any atom is 0.307 e. The molecule has 0 bridgehead atoms. The van der Waals surface area contributed by atoms with E-state index in [2.05, 4.69) is 5.32 Å². The van der Waals surface area contributed by atoms with Crippen LogP contribution in [-0.4, -0.2) is 23.5 Å². The van der Waals surface area contributed by atoms with Gasteiger partial charge in [0.1, 0.15) is 0 Å². The van der Waals surface area contributed by atoms with Gasteiger partial charge in [-0.1, -0.05) is 25.7 Å². The van der Waals surface area contributed by atoms with Gasteiger partial charge in [-0.05, 0) is 31.6 Å². The normalized spacial score (nSPS) is 29.1. The fourth-order valence-electron chi connectivity index (χ4n) is 3.34. The van der Waals surface area contributed by atoms with Crippen molar-refractivity contribution in [2.24, 2.45) is 17.8 Å². The summed E-state index contributed by atoms with van der Waals surface area (Å²) in [5, 5.41) is 12.0. The quantitative estimate of drug-likeness (QED) is 0.807. The van der Waals surface area contributed by atoms with Crippen LogP contribution in [0.15, 0.2) is 0 Å². The van der Waals surface area contributed by atoms with Gasteiger partial charge in [-0.15, -0.1) is 0 Å².